The summed E-state index contributed by atoms with van der Waals surface area (Å²) in [5.41, 5.74) is 3.68. The Morgan fingerprint density at radius 1 is 1.17 bits per heavy atom. The Balaban J connectivity index is 2.03. The first-order chi connectivity index (χ1) is 11.3. The maximum atomic E-state index is 12.3. The molecule has 0 fully saturated rings. The van der Waals surface area contributed by atoms with Crippen LogP contribution in [0.3, 0.4) is 0 Å². The molecule has 0 radical (unpaired) electrons. The molecular weight excluding hydrogens is 364 g/mol. The molecule has 0 aliphatic carbocycles. The third kappa shape index (κ3) is 4.71. The first kappa shape index (κ1) is 18.3. The summed E-state index contributed by atoms with van der Waals surface area (Å²) in [4.78, 5) is 12.3. The first-order valence-corrected chi connectivity index (χ1v) is 8.65. The first-order valence-electron chi connectivity index (χ1n) is 7.85. The van der Waals surface area contributed by atoms with Crippen LogP contribution in [-0.2, 0) is 12.1 Å². The van der Waals surface area contributed by atoms with Crippen LogP contribution in [0.4, 0.5) is 4.79 Å². The summed E-state index contributed by atoms with van der Waals surface area (Å²) in [5, 5.41) is 5.94. The molecule has 2 aromatic rings. The number of nitrogens with one attached hydrogen (secondary N) is 2. The van der Waals surface area contributed by atoms with Crippen LogP contribution in [0.2, 0.25) is 0 Å². The predicted molar refractivity (Wildman–Crippen MR) is 104 cm³/mol. The topological polar surface area (TPSA) is 41.1 Å². The Hall–Kier alpha value is -2.07. The van der Waals surface area contributed by atoms with Crippen molar-refractivity contribution in [1.82, 2.24) is 10.6 Å². The van der Waals surface area contributed by atoms with Gasteiger partial charge in [-0.05, 0) is 49.6 Å². The highest BCUT2D eigenvalue weighted by molar-refractivity contribution is 9.10. The summed E-state index contributed by atoms with van der Waals surface area (Å²) in [6.07, 6.45) is 0. The second-order valence-electron chi connectivity index (χ2n) is 6.39. The highest BCUT2D eigenvalue weighted by Crippen LogP contribution is 2.23. The molecule has 2 aromatic carbocycles. The summed E-state index contributed by atoms with van der Waals surface area (Å²) < 4.78 is 0.985. The lowest BCUT2D eigenvalue weighted by Crippen LogP contribution is -2.46. The van der Waals surface area contributed by atoms with Crippen molar-refractivity contribution < 1.29 is 4.79 Å². The molecule has 0 unspecified atom stereocenters. The van der Waals surface area contributed by atoms with Gasteiger partial charge in [0.05, 0.1) is 5.54 Å². The minimum atomic E-state index is -0.483. The molecular formula is C20H23BrN2O. The highest BCUT2D eigenvalue weighted by atomic mass is 79.9. The quantitative estimate of drug-likeness (QED) is 0.726. The van der Waals surface area contributed by atoms with Gasteiger partial charge in [-0.25, -0.2) is 4.79 Å². The molecule has 2 rings (SSSR count). The second-order valence-corrected chi connectivity index (χ2v) is 7.24. The average molecular weight is 387 g/mol. The summed E-state index contributed by atoms with van der Waals surface area (Å²) in [6.45, 7) is 10.4. The Bertz CT molecular complexity index is 753. The number of hydrogen-bond acceptors (Lipinski definition) is 1. The molecule has 0 aromatic heterocycles. The molecule has 4 heteroatoms. The fourth-order valence-corrected chi connectivity index (χ4v) is 2.82. The standard InChI is InChI=1S/C20H23BrN2O/c1-14(2)15-9-7-10-17(12-15)20(3,4)23-19(24)22-13-16-8-5-6-11-18(16)21/h5-12H,1,13H2,2-4H3,(H2,22,23,24). The van der Waals surface area contributed by atoms with Crippen LogP contribution in [-0.4, -0.2) is 6.03 Å². The zero-order chi connectivity index (χ0) is 17.7. The summed E-state index contributed by atoms with van der Waals surface area (Å²) in [7, 11) is 0. The molecule has 2 amide bonds. The van der Waals surface area contributed by atoms with E-state index in [0.29, 0.717) is 6.54 Å². The van der Waals surface area contributed by atoms with Gasteiger partial charge in [0.25, 0.3) is 0 Å². The van der Waals surface area contributed by atoms with E-state index in [1.165, 1.54) is 0 Å². The number of rotatable bonds is 5. The Morgan fingerprint density at radius 2 is 1.88 bits per heavy atom. The van der Waals surface area contributed by atoms with Gasteiger partial charge in [0.1, 0.15) is 0 Å². The van der Waals surface area contributed by atoms with Gasteiger partial charge >= 0.3 is 6.03 Å². The van der Waals surface area contributed by atoms with E-state index in [-0.39, 0.29) is 6.03 Å². The Kier molecular flexibility index (Phi) is 5.84. The number of halogens is 1. The molecule has 126 valence electrons. The van der Waals surface area contributed by atoms with Crippen LogP contribution in [0.1, 0.15) is 37.5 Å². The molecule has 3 nitrogen and oxygen atoms in total. The number of benzene rings is 2. The van der Waals surface area contributed by atoms with E-state index < -0.39 is 5.54 Å². The van der Waals surface area contributed by atoms with Crippen molar-refractivity contribution >= 4 is 27.5 Å². The molecule has 0 atom stereocenters. The maximum Gasteiger partial charge on any atom is 0.315 e. The van der Waals surface area contributed by atoms with Crippen molar-refractivity contribution in [3.63, 3.8) is 0 Å². The monoisotopic (exact) mass is 386 g/mol. The molecule has 24 heavy (non-hydrogen) atoms. The zero-order valence-corrected chi connectivity index (χ0v) is 15.9. The van der Waals surface area contributed by atoms with Crippen LogP contribution in [0.5, 0.6) is 0 Å². The summed E-state index contributed by atoms with van der Waals surface area (Å²) >= 11 is 3.49. The van der Waals surface area contributed by atoms with Gasteiger partial charge in [0.2, 0.25) is 0 Å². The normalized spacial score (nSPS) is 11.0. The van der Waals surface area contributed by atoms with Gasteiger partial charge in [-0.15, -0.1) is 0 Å². The van der Waals surface area contributed by atoms with Crippen LogP contribution >= 0.6 is 15.9 Å². The number of carbonyl (C=O) groups is 1. The van der Waals surface area contributed by atoms with E-state index in [9.17, 15) is 4.79 Å². The van der Waals surface area contributed by atoms with Crippen LogP contribution in [0, 0.1) is 0 Å². The van der Waals surface area contributed by atoms with Crippen molar-refractivity contribution in [3.05, 3.63) is 76.3 Å². The lowest BCUT2D eigenvalue weighted by molar-refractivity contribution is 0.229. The van der Waals surface area contributed by atoms with E-state index in [0.717, 1.165) is 26.7 Å². The van der Waals surface area contributed by atoms with Gasteiger partial charge in [0.15, 0.2) is 0 Å². The highest BCUT2D eigenvalue weighted by Gasteiger charge is 2.23. The fraction of sp³-hybridized carbons (Fsp3) is 0.250. The lowest BCUT2D eigenvalue weighted by atomic mass is 9.92. The largest absolute Gasteiger partial charge is 0.334 e. The van der Waals surface area contributed by atoms with Gasteiger partial charge in [0, 0.05) is 11.0 Å². The van der Waals surface area contributed by atoms with Crippen molar-refractivity contribution in [2.24, 2.45) is 0 Å². The maximum absolute atomic E-state index is 12.3. The van der Waals surface area contributed by atoms with Crippen molar-refractivity contribution in [2.45, 2.75) is 32.9 Å². The molecule has 0 heterocycles. The molecule has 0 spiro atoms. The third-order valence-electron chi connectivity index (χ3n) is 3.90. The van der Waals surface area contributed by atoms with Gasteiger partial charge in [-0.3, -0.25) is 0 Å². The number of allylic oxidation sites excluding steroid dienone is 1. The van der Waals surface area contributed by atoms with E-state index >= 15 is 0 Å². The number of carbonyl (C=O) groups excluding carboxylic acids is 1. The van der Waals surface area contributed by atoms with E-state index in [1.807, 2.05) is 63.2 Å². The van der Waals surface area contributed by atoms with Crippen molar-refractivity contribution in [1.29, 1.82) is 0 Å². The van der Waals surface area contributed by atoms with Gasteiger partial charge in [-0.2, -0.15) is 0 Å². The van der Waals surface area contributed by atoms with Crippen molar-refractivity contribution in [3.8, 4) is 0 Å². The van der Waals surface area contributed by atoms with Gasteiger partial charge < -0.3 is 10.6 Å². The SMILES string of the molecule is C=C(C)c1cccc(C(C)(C)NC(=O)NCc2ccccc2Br)c1. The molecule has 0 aliphatic rings. The van der Waals surface area contributed by atoms with Crippen molar-refractivity contribution in [2.75, 3.05) is 0 Å². The minimum Gasteiger partial charge on any atom is -0.334 e. The fourth-order valence-electron chi connectivity index (χ4n) is 2.39. The van der Waals surface area contributed by atoms with Gasteiger partial charge in [-0.1, -0.05) is 64.5 Å². The minimum absolute atomic E-state index is 0.198. The average Bonchev–Trinajstić information content (AvgIpc) is 2.54. The third-order valence-corrected chi connectivity index (χ3v) is 4.67. The lowest BCUT2D eigenvalue weighted by Gasteiger charge is -2.27. The smallest absolute Gasteiger partial charge is 0.315 e. The van der Waals surface area contributed by atoms with Crippen LogP contribution < -0.4 is 10.6 Å². The van der Waals surface area contributed by atoms with E-state index in [4.69, 9.17) is 0 Å². The molecule has 0 bridgehead atoms. The predicted octanol–water partition coefficient (Wildman–Crippen LogP) is 5.22. The number of hydrogen-bond donors (Lipinski definition) is 2. The molecule has 0 aliphatic heterocycles. The summed E-state index contributed by atoms with van der Waals surface area (Å²) in [6, 6.07) is 15.7. The molecule has 0 saturated carbocycles. The Labute approximate surface area is 152 Å². The summed E-state index contributed by atoms with van der Waals surface area (Å²) in [5.74, 6) is 0. The van der Waals surface area contributed by atoms with Crippen LogP contribution in [0.15, 0.2) is 59.6 Å². The number of urea groups is 1. The second kappa shape index (κ2) is 7.67. The van der Waals surface area contributed by atoms with E-state index in [1.54, 1.807) is 0 Å². The van der Waals surface area contributed by atoms with E-state index in [2.05, 4.69) is 39.2 Å². The number of amides is 2. The molecule has 2 N–H and O–H groups in total. The van der Waals surface area contributed by atoms with Crippen LogP contribution in [0.25, 0.3) is 5.57 Å². The molecule has 0 saturated heterocycles. The Morgan fingerprint density at radius 3 is 2.54 bits per heavy atom. The zero-order valence-electron chi connectivity index (χ0n) is 14.3.